The quantitative estimate of drug-likeness (QED) is 0.786. The van der Waals surface area contributed by atoms with Gasteiger partial charge in [0.15, 0.2) is 0 Å². The maximum absolute atomic E-state index is 3.48. The first-order chi connectivity index (χ1) is 8.19. The van der Waals surface area contributed by atoms with E-state index in [9.17, 15) is 0 Å². The molecule has 1 unspecified atom stereocenters. The van der Waals surface area contributed by atoms with Crippen molar-refractivity contribution in [3.63, 3.8) is 0 Å². The zero-order valence-electron chi connectivity index (χ0n) is 11.2. The molecule has 0 bridgehead atoms. The molecule has 0 aliphatic rings. The Balaban J connectivity index is 2.54. The number of benzene rings is 1. The summed E-state index contributed by atoms with van der Waals surface area (Å²) in [6.07, 6.45) is 4.98. The molecule has 0 amide bonds. The molecular weight excluding hydrogens is 274 g/mol. The highest BCUT2D eigenvalue weighted by atomic mass is 79.9. The SMILES string of the molecule is CCC(CC)CC(Cc1ccc(Br)cc1)NC. The zero-order valence-corrected chi connectivity index (χ0v) is 12.8. The number of likely N-dealkylation sites (N-methyl/N-ethyl adjacent to an activating group) is 1. The van der Waals surface area contributed by atoms with E-state index in [1.165, 1.54) is 24.8 Å². The Morgan fingerprint density at radius 2 is 1.71 bits per heavy atom. The smallest absolute Gasteiger partial charge is 0.0175 e. The van der Waals surface area contributed by atoms with E-state index in [-0.39, 0.29) is 0 Å². The van der Waals surface area contributed by atoms with Crippen molar-refractivity contribution in [1.29, 1.82) is 0 Å². The second-order valence-electron chi connectivity index (χ2n) is 4.73. The summed E-state index contributed by atoms with van der Waals surface area (Å²) in [5, 5.41) is 3.45. The molecule has 96 valence electrons. The normalized spacial score (nSPS) is 13.0. The van der Waals surface area contributed by atoms with Gasteiger partial charge in [0.25, 0.3) is 0 Å². The monoisotopic (exact) mass is 297 g/mol. The summed E-state index contributed by atoms with van der Waals surface area (Å²) < 4.78 is 1.15. The lowest BCUT2D eigenvalue weighted by molar-refractivity contribution is 0.377. The van der Waals surface area contributed by atoms with Gasteiger partial charge in [-0.15, -0.1) is 0 Å². The Labute approximate surface area is 114 Å². The second-order valence-corrected chi connectivity index (χ2v) is 5.65. The molecule has 0 aliphatic carbocycles. The van der Waals surface area contributed by atoms with Crippen molar-refractivity contribution in [2.24, 2.45) is 5.92 Å². The van der Waals surface area contributed by atoms with Crippen LogP contribution in [0.15, 0.2) is 28.7 Å². The van der Waals surface area contributed by atoms with Crippen molar-refractivity contribution < 1.29 is 0 Å². The molecule has 0 aromatic heterocycles. The van der Waals surface area contributed by atoms with E-state index in [4.69, 9.17) is 0 Å². The Bertz CT molecular complexity index is 303. The first-order valence-corrected chi connectivity index (χ1v) is 7.40. The van der Waals surface area contributed by atoms with Gasteiger partial charge in [-0.3, -0.25) is 0 Å². The van der Waals surface area contributed by atoms with E-state index >= 15 is 0 Å². The van der Waals surface area contributed by atoms with E-state index < -0.39 is 0 Å². The molecule has 1 aromatic rings. The molecule has 1 N–H and O–H groups in total. The van der Waals surface area contributed by atoms with Crippen molar-refractivity contribution in [1.82, 2.24) is 5.32 Å². The topological polar surface area (TPSA) is 12.0 Å². The van der Waals surface area contributed by atoms with E-state index in [1.54, 1.807) is 0 Å². The standard InChI is InChI=1S/C15H24BrN/c1-4-12(5-2)10-15(17-3)11-13-6-8-14(16)9-7-13/h6-9,12,15,17H,4-5,10-11H2,1-3H3. The molecule has 1 nitrogen and oxygen atoms in total. The van der Waals surface area contributed by atoms with Crippen LogP contribution in [0, 0.1) is 5.92 Å². The lowest BCUT2D eigenvalue weighted by Crippen LogP contribution is -2.29. The average Bonchev–Trinajstić information content (AvgIpc) is 2.37. The molecule has 0 saturated heterocycles. The van der Waals surface area contributed by atoms with E-state index in [0.717, 1.165) is 16.8 Å². The van der Waals surface area contributed by atoms with Crippen LogP contribution in [0.25, 0.3) is 0 Å². The van der Waals surface area contributed by atoms with Gasteiger partial charge in [0.2, 0.25) is 0 Å². The van der Waals surface area contributed by atoms with Gasteiger partial charge >= 0.3 is 0 Å². The van der Waals surface area contributed by atoms with Gasteiger partial charge in [-0.25, -0.2) is 0 Å². The first-order valence-electron chi connectivity index (χ1n) is 6.61. The second kappa shape index (κ2) is 7.88. The number of hydrogen-bond acceptors (Lipinski definition) is 1. The molecule has 0 fully saturated rings. The van der Waals surface area contributed by atoms with Crippen molar-refractivity contribution in [2.45, 2.75) is 45.6 Å². The van der Waals surface area contributed by atoms with Crippen LogP contribution in [0.2, 0.25) is 0 Å². The van der Waals surface area contributed by atoms with Gasteiger partial charge in [0.1, 0.15) is 0 Å². The first kappa shape index (κ1) is 14.7. The maximum Gasteiger partial charge on any atom is 0.0175 e. The minimum atomic E-state index is 0.598. The van der Waals surface area contributed by atoms with Crippen LogP contribution in [0.3, 0.4) is 0 Å². The number of halogens is 1. The Hall–Kier alpha value is -0.340. The minimum absolute atomic E-state index is 0.598. The molecule has 0 aliphatic heterocycles. The van der Waals surface area contributed by atoms with Gasteiger partial charge in [0, 0.05) is 10.5 Å². The van der Waals surface area contributed by atoms with Crippen LogP contribution in [-0.4, -0.2) is 13.1 Å². The van der Waals surface area contributed by atoms with E-state index in [2.05, 4.69) is 66.4 Å². The molecule has 1 atom stereocenters. The van der Waals surface area contributed by atoms with Gasteiger partial charge in [0.05, 0.1) is 0 Å². The summed E-state index contributed by atoms with van der Waals surface area (Å²) in [7, 11) is 2.08. The molecule has 0 radical (unpaired) electrons. The lowest BCUT2D eigenvalue weighted by Gasteiger charge is -2.21. The molecule has 1 rings (SSSR count). The van der Waals surface area contributed by atoms with Crippen molar-refractivity contribution >= 4 is 15.9 Å². The third-order valence-corrected chi connectivity index (χ3v) is 4.10. The fourth-order valence-electron chi connectivity index (χ4n) is 2.23. The van der Waals surface area contributed by atoms with E-state index in [1.807, 2.05) is 0 Å². The lowest BCUT2D eigenvalue weighted by atomic mass is 9.91. The van der Waals surface area contributed by atoms with Crippen LogP contribution in [0.5, 0.6) is 0 Å². The Kier molecular flexibility index (Phi) is 6.83. The Morgan fingerprint density at radius 1 is 1.12 bits per heavy atom. The molecule has 0 spiro atoms. The van der Waals surface area contributed by atoms with E-state index in [0.29, 0.717) is 6.04 Å². The van der Waals surface area contributed by atoms with Crippen LogP contribution < -0.4 is 5.32 Å². The van der Waals surface area contributed by atoms with Crippen LogP contribution in [0.1, 0.15) is 38.7 Å². The molecule has 0 saturated carbocycles. The van der Waals surface area contributed by atoms with Crippen LogP contribution in [0.4, 0.5) is 0 Å². The number of rotatable bonds is 7. The predicted molar refractivity (Wildman–Crippen MR) is 79.4 cm³/mol. The summed E-state index contributed by atoms with van der Waals surface area (Å²) in [6, 6.07) is 9.27. The number of nitrogens with one attached hydrogen (secondary N) is 1. The summed E-state index contributed by atoms with van der Waals surface area (Å²) in [5.74, 6) is 0.850. The highest BCUT2D eigenvalue weighted by Gasteiger charge is 2.12. The van der Waals surface area contributed by atoms with Gasteiger partial charge < -0.3 is 5.32 Å². The highest BCUT2D eigenvalue weighted by Crippen LogP contribution is 2.18. The molecule has 2 heteroatoms. The zero-order chi connectivity index (χ0) is 12.7. The summed E-state index contributed by atoms with van der Waals surface area (Å²) in [6.45, 7) is 4.58. The number of hydrogen-bond donors (Lipinski definition) is 1. The predicted octanol–water partition coefficient (Wildman–Crippen LogP) is 4.41. The minimum Gasteiger partial charge on any atom is -0.317 e. The van der Waals surface area contributed by atoms with Crippen molar-refractivity contribution in [2.75, 3.05) is 7.05 Å². The van der Waals surface area contributed by atoms with Crippen LogP contribution in [-0.2, 0) is 6.42 Å². The molecule has 17 heavy (non-hydrogen) atoms. The third-order valence-electron chi connectivity index (χ3n) is 3.58. The third kappa shape index (κ3) is 5.22. The fourth-order valence-corrected chi connectivity index (χ4v) is 2.50. The highest BCUT2D eigenvalue weighted by molar-refractivity contribution is 9.10. The largest absolute Gasteiger partial charge is 0.317 e. The van der Waals surface area contributed by atoms with Gasteiger partial charge in [-0.1, -0.05) is 54.8 Å². The van der Waals surface area contributed by atoms with Gasteiger partial charge in [-0.05, 0) is 43.5 Å². The van der Waals surface area contributed by atoms with Crippen molar-refractivity contribution in [3.8, 4) is 0 Å². The summed E-state index contributed by atoms with van der Waals surface area (Å²) >= 11 is 3.48. The summed E-state index contributed by atoms with van der Waals surface area (Å²) in [4.78, 5) is 0. The molecule has 0 heterocycles. The van der Waals surface area contributed by atoms with Crippen molar-refractivity contribution in [3.05, 3.63) is 34.3 Å². The fraction of sp³-hybridized carbons (Fsp3) is 0.600. The summed E-state index contributed by atoms with van der Waals surface area (Å²) in [5.41, 5.74) is 1.42. The maximum atomic E-state index is 3.48. The average molecular weight is 298 g/mol. The Morgan fingerprint density at radius 3 is 2.18 bits per heavy atom. The van der Waals surface area contributed by atoms with Crippen LogP contribution >= 0.6 is 15.9 Å². The molecular formula is C15H24BrN. The van der Waals surface area contributed by atoms with Gasteiger partial charge in [-0.2, -0.15) is 0 Å². The molecule has 1 aromatic carbocycles.